The van der Waals surface area contributed by atoms with E-state index >= 15 is 0 Å². The molecule has 1 aromatic rings. The molecule has 0 bridgehead atoms. The standard InChI is InChI=1S/C13H20N4O3S/c1-8-6-9(2)15-13(11(8)12(14)16-18)17(3)10-4-5-21(19,20)7-10/h6,10,18H,4-5,7H2,1-3H3,(H2,14,16). The van der Waals surface area contributed by atoms with Crippen LogP contribution >= 0.6 is 0 Å². The molecular formula is C13H20N4O3S. The Morgan fingerprint density at radius 2 is 2.19 bits per heavy atom. The summed E-state index contributed by atoms with van der Waals surface area (Å²) < 4.78 is 23.3. The third kappa shape index (κ3) is 3.10. The lowest BCUT2D eigenvalue weighted by Gasteiger charge is -2.27. The van der Waals surface area contributed by atoms with E-state index in [0.717, 1.165) is 11.3 Å². The lowest BCUT2D eigenvalue weighted by molar-refractivity contribution is 0.318. The monoisotopic (exact) mass is 312 g/mol. The van der Waals surface area contributed by atoms with Crippen molar-refractivity contribution in [1.82, 2.24) is 4.98 Å². The van der Waals surface area contributed by atoms with E-state index in [0.29, 0.717) is 17.8 Å². The quantitative estimate of drug-likeness (QED) is 0.362. The number of hydrogen-bond acceptors (Lipinski definition) is 6. The first-order valence-electron chi connectivity index (χ1n) is 6.64. The van der Waals surface area contributed by atoms with Gasteiger partial charge < -0.3 is 15.8 Å². The minimum absolute atomic E-state index is 0.0253. The van der Waals surface area contributed by atoms with Crippen molar-refractivity contribution < 1.29 is 13.6 Å². The minimum Gasteiger partial charge on any atom is -0.409 e. The van der Waals surface area contributed by atoms with Crippen molar-refractivity contribution in [3.63, 3.8) is 0 Å². The Kier molecular flexibility index (Phi) is 4.08. The summed E-state index contributed by atoms with van der Waals surface area (Å²) in [6.07, 6.45) is 0.559. The number of rotatable bonds is 3. The zero-order valence-corrected chi connectivity index (χ0v) is 13.2. The van der Waals surface area contributed by atoms with Crippen LogP contribution in [0.1, 0.15) is 23.2 Å². The number of oxime groups is 1. The average molecular weight is 312 g/mol. The average Bonchev–Trinajstić information content (AvgIpc) is 2.76. The number of pyridine rings is 1. The van der Waals surface area contributed by atoms with Crippen molar-refractivity contribution in [3.05, 3.63) is 22.9 Å². The Morgan fingerprint density at radius 3 is 2.71 bits per heavy atom. The summed E-state index contributed by atoms with van der Waals surface area (Å²) in [5, 5.41) is 12.0. The molecule has 1 unspecified atom stereocenters. The van der Waals surface area contributed by atoms with E-state index in [9.17, 15) is 8.42 Å². The summed E-state index contributed by atoms with van der Waals surface area (Å²) in [7, 11) is -1.20. The molecule has 116 valence electrons. The molecule has 1 aromatic heterocycles. The third-order valence-electron chi connectivity index (χ3n) is 3.78. The van der Waals surface area contributed by atoms with E-state index in [-0.39, 0.29) is 23.4 Å². The van der Waals surface area contributed by atoms with E-state index in [1.165, 1.54) is 0 Å². The molecule has 0 amide bonds. The molecule has 2 rings (SSSR count). The Hall–Kier alpha value is -1.83. The molecule has 1 atom stereocenters. The normalized spacial score (nSPS) is 21.5. The van der Waals surface area contributed by atoms with Gasteiger partial charge in [-0.05, 0) is 31.9 Å². The van der Waals surface area contributed by atoms with Crippen LogP contribution in [0, 0.1) is 13.8 Å². The van der Waals surface area contributed by atoms with Gasteiger partial charge in [-0.2, -0.15) is 0 Å². The highest BCUT2D eigenvalue weighted by Crippen LogP contribution is 2.27. The maximum Gasteiger partial charge on any atom is 0.174 e. The van der Waals surface area contributed by atoms with Gasteiger partial charge in [0.15, 0.2) is 15.7 Å². The number of sulfone groups is 1. The summed E-state index contributed by atoms with van der Waals surface area (Å²) in [4.78, 5) is 6.27. The van der Waals surface area contributed by atoms with Gasteiger partial charge in [0.2, 0.25) is 0 Å². The highest BCUT2D eigenvalue weighted by Gasteiger charge is 2.32. The van der Waals surface area contributed by atoms with Crippen LogP contribution in [0.4, 0.5) is 5.82 Å². The number of hydrogen-bond donors (Lipinski definition) is 2. The van der Waals surface area contributed by atoms with Gasteiger partial charge in [0, 0.05) is 18.8 Å². The van der Waals surface area contributed by atoms with E-state index in [1.807, 2.05) is 24.8 Å². The Balaban J connectivity index is 2.48. The predicted molar refractivity (Wildman–Crippen MR) is 81.7 cm³/mol. The van der Waals surface area contributed by atoms with Crippen molar-refractivity contribution in [3.8, 4) is 0 Å². The first kappa shape index (κ1) is 15.6. The largest absolute Gasteiger partial charge is 0.409 e. The first-order chi connectivity index (χ1) is 9.75. The minimum atomic E-state index is -2.99. The molecule has 0 radical (unpaired) electrons. The maximum absolute atomic E-state index is 11.7. The number of nitrogens with two attached hydrogens (primary N) is 1. The fourth-order valence-electron chi connectivity index (χ4n) is 2.69. The van der Waals surface area contributed by atoms with Crippen LogP contribution < -0.4 is 10.6 Å². The fraction of sp³-hybridized carbons (Fsp3) is 0.538. The molecule has 3 N–H and O–H groups in total. The summed E-state index contributed by atoms with van der Waals surface area (Å²) in [6.45, 7) is 3.70. The van der Waals surface area contributed by atoms with Crippen LogP contribution in [0.25, 0.3) is 0 Å². The molecule has 0 saturated carbocycles. The molecular weight excluding hydrogens is 292 g/mol. The molecule has 0 aromatic carbocycles. The fourth-order valence-corrected chi connectivity index (χ4v) is 4.47. The highest BCUT2D eigenvalue weighted by atomic mass is 32.2. The molecule has 2 heterocycles. The van der Waals surface area contributed by atoms with Gasteiger partial charge in [0.25, 0.3) is 0 Å². The molecule has 1 fully saturated rings. The number of anilines is 1. The molecule has 1 aliphatic heterocycles. The smallest absolute Gasteiger partial charge is 0.174 e. The van der Waals surface area contributed by atoms with Crippen LogP contribution in [0.5, 0.6) is 0 Å². The molecule has 0 aliphatic carbocycles. The van der Waals surface area contributed by atoms with E-state index in [4.69, 9.17) is 10.9 Å². The van der Waals surface area contributed by atoms with Crippen LogP contribution in [0.2, 0.25) is 0 Å². The lowest BCUT2D eigenvalue weighted by Crippen LogP contribution is -2.35. The van der Waals surface area contributed by atoms with Crippen molar-refractivity contribution in [2.24, 2.45) is 10.9 Å². The summed E-state index contributed by atoms with van der Waals surface area (Å²) in [5.74, 6) is 0.812. The molecule has 21 heavy (non-hydrogen) atoms. The third-order valence-corrected chi connectivity index (χ3v) is 5.53. The van der Waals surface area contributed by atoms with Gasteiger partial charge in [-0.3, -0.25) is 0 Å². The molecule has 8 heteroatoms. The summed E-state index contributed by atoms with van der Waals surface area (Å²) in [5.41, 5.74) is 7.92. The number of amidine groups is 1. The lowest BCUT2D eigenvalue weighted by atomic mass is 10.1. The molecule has 7 nitrogen and oxygen atoms in total. The highest BCUT2D eigenvalue weighted by molar-refractivity contribution is 7.91. The Bertz CT molecular complexity index is 685. The van der Waals surface area contributed by atoms with E-state index < -0.39 is 9.84 Å². The van der Waals surface area contributed by atoms with Crippen molar-refractivity contribution in [1.29, 1.82) is 0 Å². The van der Waals surface area contributed by atoms with E-state index in [2.05, 4.69) is 10.1 Å². The van der Waals surface area contributed by atoms with Crippen LogP contribution in [-0.4, -0.2) is 49.0 Å². The Morgan fingerprint density at radius 1 is 1.52 bits per heavy atom. The van der Waals surface area contributed by atoms with E-state index in [1.54, 1.807) is 7.05 Å². The van der Waals surface area contributed by atoms with Gasteiger partial charge in [-0.1, -0.05) is 5.16 Å². The SMILES string of the molecule is Cc1cc(C)c(/C(N)=N/O)c(N(C)C2CCS(=O)(=O)C2)n1. The van der Waals surface area contributed by atoms with Gasteiger partial charge in [0.1, 0.15) is 5.82 Å². The van der Waals surface area contributed by atoms with Crippen LogP contribution in [0.3, 0.4) is 0 Å². The van der Waals surface area contributed by atoms with Crippen LogP contribution in [0.15, 0.2) is 11.2 Å². The first-order valence-corrected chi connectivity index (χ1v) is 8.46. The summed E-state index contributed by atoms with van der Waals surface area (Å²) in [6, 6.07) is 1.70. The van der Waals surface area contributed by atoms with Gasteiger partial charge in [-0.15, -0.1) is 0 Å². The number of aromatic nitrogens is 1. The second-order valence-corrected chi connectivity index (χ2v) is 7.66. The van der Waals surface area contributed by atoms with Gasteiger partial charge >= 0.3 is 0 Å². The van der Waals surface area contributed by atoms with Crippen molar-refractivity contribution in [2.75, 3.05) is 23.5 Å². The maximum atomic E-state index is 11.7. The molecule has 0 spiro atoms. The number of nitrogens with zero attached hydrogens (tertiary/aromatic N) is 3. The van der Waals surface area contributed by atoms with Gasteiger partial charge in [0.05, 0.1) is 17.1 Å². The second-order valence-electron chi connectivity index (χ2n) is 5.43. The van der Waals surface area contributed by atoms with Gasteiger partial charge in [-0.25, -0.2) is 13.4 Å². The molecule has 1 aliphatic rings. The van der Waals surface area contributed by atoms with Crippen LogP contribution in [-0.2, 0) is 9.84 Å². The summed E-state index contributed by atoms with van der Waals surface area (Å²) >= 11 is 0. The Labute approximate surface area is 124 Å². The number of aryl methyl sites for hydroxylation is 2. The zero-order chi connectivity index (χ0) is 15.8. The van der Waals surface area contributed by atoms with Crippen molar-refractivity contribution >= 4 is 21.5 Å². The molecule has 1 saturated heterocycles. The topological polar surface area (TPSA) is 109 Å². The zero-order valence-electron chi connectivity index (χ0n) is 12.4. The second kappa shape index (κ2) is 5.51. The predicted octanol–water partition coefficient (Wildman–Crippen LogP) is 0.416. The van der Waals surface area contributed by atoms with Crippen molar-refractivity contribution in [2.45, 2.75) is 26.3 Å².